The van der Waals surface area contributed by atoms with Gasteiger partial charge in [0.1, 0.15) is 11.6 Å². The van der Waals surface area contributed by atoms with E-state index in [0.717, 1.165) is 29.9 Å². The van der Waals surface area contributed by atoms with Crippen LogP contribution in [-0.4, -0.2) is 16.5 Å². The fraction of sp³-hybridized carbons (Fsp3) is 0.357. The van der Waals surface area contributed by atoms with E-state index in [2.05, 4.69) is 22.2 Å². The maximum atomic E-state index is 13.4. The molecule has 4 heteroatoms. The maximum absolute atomic E-state index is 13.4. The highest BCUT2D eigenvalue weighted by Gasteiger charge is 2.18. The van der Waals surface area contributed by atoms with Crippen LogP contribution in [0.1, 0.15) is 36.3 Å². The van der Waals surface area contributed by atoms with E-state index >= 15 is 0 Å². The Labute approximate surface area is 106 Å². The molecule has 0 saturated heterocycles. The molecular weight excluding hydrogens is 229 g/mol. The Hall–Kier alpha value is -1.68. The molecule has 1 aromatic carbocycles. The minimum Gasteiger partial charge on any atom is -0.347 e. The number of rotatable bonds is 5. The van der Waals surface area contributed by atoms with Crippen molar-refractivity contribution >= 4 is 0 Å². The topological polar surface area (TPSA) is 40.7 Å². The summed E-state index contributed by atoms with van der Waals surface area (Å²) in [6.07, 6.45) is 4.51. The van der Waals surface area contributed by atoms with Crippen LogP contribution in [0.15, 0.2) is 30.6 Å². The summed E-state index contributed by atoms with van der Waals surface area (Å²) in [5, 5.41) is 3.40. The third-order valence-corrected chi connectivity index (χ3v) is 2.94. The van der Waals surface area contributed by atoms with Crippen molar-refractivity contribution in [2.24, 2.45) is 0 Å². The standard InChI is InChI=1S/C14H18FN3/c1-3-6-16-13(14-17-7-8-18-14)12-9-11(15)5-4-10(12)2/h4-5,7-9,13,16H,3,6H2,1-2H3,(H,17,18). The second-order valence-electron chi connectivity index (χ2n) is 4.36. The van der Waals surface area contributed by atoms with Gasteiger partial charge in [-0.2, -0.15) is 0 Å². The van der Waals surface area contributed by atoms with E-state index in [0.29, 0.717) is 0 Å². The van der Waals surface area contributed by atoms with Crippen molar-refractivity contribution in [1.29, 1.82) is 0 Å². The summed E-state index contributed by atoms with van der Waals surface area (Å²) in [6.45, 7) is 4.95. The quantitative estimate of drug-likeness (QED) is 0.852. The van der Waals surface area contributed by atoms with Gasteiger partial charge in [-0.3, -0.25) is 0 Å². The monoisotopic (exact) mass is 247 g/mol. The SMILES string of the molecule is CCCNC(c1ncc[nH]1)c1cc(F)ccc1C. The molecule has 1 heterocycles. The number of hydrogen-bond donors (Lipinski definition) is 2. The van der Waals surface area contributed by atoms with E-state index in [4.69, 9.17) is 0 Å². The molecule has 0 aliphatic carbocycles. The lowest BCUT2D eigenvalue weighted by Gasteiger charge is -2.19. The molecule has 96 valence electrons. The van der Waals surface area contributed by atoms with Gasteiger partial charge in [-0.05, 0) is 43.1 Å². The van der Waals surface area contributed by atoms with Crippen LogP contribution in [0.3, 0.4) is 0 Å². The molecule has 0 bridgehead atoms. The smallest absolute Gasteiger partial charge is 0.127 e. The molecule has 0 aliphatic rings. The van der Waals surface area contributed by atoms with Gasteiger partial charge in [0.05, 0.1) is 6.04 Å². The minimum absolute atomic E-state index is 0.0874. The Balaban J connectivity index is 2.36. The molecule has 2 rings (SSSR count). The first-order chi connectivity index (χ1) is 8.72. The van der Waals surface area contributed by atoms with E-state index in [-0.39, 0.29) is 11.9 Å². The lowest BCUT2D eigenvalue weighted by atomic mass is 10.0. The molecule has 1 atom stereocenters. The highest BCUT2D eigenvalue weighted by Crippen LogP contribution is 2.23. The Kier molecular flexibility index (Phi) is 4.10. The van der Waals surface area contributed by atoms with Gasteiger partial charge in [-0.25, -0.2) is 9.37 Å². The number of aromatic nitrogens is 2. The molecule has 18 heavy (non-hydrogen) atoms. The van der Waals surface area contributed by atoms with E-state index in [1.165, 1.54) is 6.07 Å². The molecule has 0 fully saturated rings. The number of aryl methyl sites for hydroxylation is 1. The van der Waals surface area contributed by atoms with Crippen molar-refractivity contribution in [1.82, 2.24) is 15.3 Å². The van der Waals surface area contributed by atoms with Crippen LogP contribution >= 0.6 is 0 Å². The van der Waals surface area contributed by atoms with Crippen molar-refractivity contribution < 1.29 is 4.39 Å². The number of halogens is 1. The number of H-pyrrole nitrogens is 1. The van der Waals surface area contributed by atoms with E-state index in [1.807, 2.05) is 6.92 Å². The fourth-order valence-electron chi connectivity index (χ4n) is 2.00. The highest BCUT2D eigenvalue weighted by atomic mass is 19.1. The molecule has 2 N–H and O–H groups in total. The van der Waals surface area contributed by atoms with Crippen LogP contribution in [0.25, 0.3) is 0 Å². The summed E-state index contributed by atoms with van der Waals surface area (Å²) in [5.74, 6) is 0.600. The Morgan fingerprint density at radius 3 is 2.94 bits per heavy atom. The van der Waals surface area contributed by atoms with Crippen LogP contribution in [0.4, 0.5) is 4.39 Å². The highest BCUT2D eigenvalue weighted by molar-refractivity contribution is 5.33. The van der Waals surface area contributed by atoms with E-state index in [1.54, 1.807) is 24.5 Å². The number of imidazole rings is 1. The second kappa shape index (κ2) is 5.78. The third-order valence-electron chi connectivity index (χ3n) is 2.94. The molecule has 0 aliphatic heterocycles. The summed E-state index contributed by atoms with van der Waals surface area (Å²) in [6, 6.07) is 4.77. The van der Waals surface area contributed by atoms with Crippen LogP contribution in [0, 0.1) is 12.7 Å². The summed E-state index contributed by atoms with van der Waals surface area (Å²) < 4.78 is 13.4. The van der Waals surface area contributed by atoms with E-state index in [9.17, 15) is 4.39 Å². The molecular formula is C14H18FN3. The van der Waals surface area contributed by atoms with Gasteiger partial charge < -0.3 is 10.3 Å². The van der Waals surface area contributed by atoms with Crippen molar-refractivity contribution in [2.75, 3.05) is 6.54 Å². The average molecular weight is 247 g/mol. The van der Waals surface area contributed by atoms with Crippen molar-refractivity contribution in [3.05, 3.63) is 53.4 Å². The van der Waals surface area contributed by atoms with Gasteiger partial charge in [-0.15, -0.1) is 0 Å². The largest absolute Gasteiger partial charge is 0.347 e. The van der Waals surface area contributed by atoms with Crippen LogP contribution in [-0.2, 0) is 0 Å². The van der Waals surface area contributed by atoms with Gasteiger partial charge in [0.15, 0.2) is 0 Å². The molecule has 0 saturated carbocycles. The number of hydrogen-bond acceptors (Lipinski definition) is 2. The lowest BCUT2D eigenvalue weighted by molar-refractivity contribution is 0.565. The molecule has 1 aromatic heterocycles. The first kappa shape index (κ1) is 12.8. The molecule has 3 nitrogen and oxygen atoms in total. The van der Waals surface area contributed by atoms with Crippen molar-refractivity contribution in [2.45, 2.75) is 26.3 Å². The zero-order chi connectivity index (χ0) is 13.0. The van der Waals surface area contributed by atoms with Gasteiger partial charge >= 0.3 is 0 Å². The number of benzene rings is 1. The predicted molar refractivity (Wildman–Crippen MR) is 69.9 cm³/mol. The summed E-state index contributed by atoms with van der Waals surface area (Å²) in [7, 11) is 0. The predicted octanol–water partition coefficient (Wildman–Crippen LogP) is 2.95. The molecule has 0 spiro atoms. The molecule has 1 unspecified atom stereocenters. The van der Waals surface area contributed by atoms with Gasteiger partial charge in [-0.1, -0.05) is 13.0 Å². The summed E-state index contributed by atoms with van der Waals surface area (Å²) in [4.78, 5) is 7.37. The number of nitrogens with one attached hydrogen (secondary N) is 2. The normalized spacial score (nSPS) is 12.6. The summed E-state index contributed by atoms with van der Waals surface area (Å²) >= 11 is 0. The maximum Gasteiger partial charge on any atom is 0.127 e. The van der Waals surface area contributed by atoms with Gasteiger partial charge in [0, 0.05) is 12.4 Å². The van der Waals surface area contributed by atoms with Crippen molar-refractivity contribution in [3.63, 3.8) is 0 Å². The Bertz CT molecular complexity index is 494. The first-order valence-corrected chi connectivity index (χ1v) is 6.21. The molecule has 2 aromatic rings. The number of nitrogens with zero attached hydrogens (tertiary/aromatic N) is 1. The third kappa shape index (κ3) is 2.76. The fourth-order valence-corrected chi connectivity index (χ4v) is 2.00. The Morgan fingerprint density at radius 2 is 2.28 bits per heavy atom. The first-order valence-electron chi connectivity index (χ1n) is 6.21. The van der Waals surface area contributed by atoms with Crippen LogP contribution in [0.5, 0.6) is 0 Å². The minimum atomic E-state index is -0.217. The molecule has 0 amide bonds. The molecule has 0 radical (unpaired) electrons. The van der Waals surface area contributed by atoms with Crippen LogP contribution in [0.2, 0.25) is 0 Å². The number of aromatic amines is 1. The van der Waals surface area contributed by atoms with Crippen LogP contribution < -0.4 is 5.32 Å². The zero-order valence-electron chi connectivity index (χ0n) is 10.7. The lowest BCUT2D eigenvalue weighted by Crippen LogP contribution is -2.25. The van der Waals surface area contributed by atoms with Gasteiger partial charge in [0.2, 0.25) is 0 Å². The van der Waals surface area contributed by atoms with Crippen molar-refractivity contribution in [3.8, 4) is 0 Å². The zero-order valence-corrected chi connectivity index (χ0v) is 10.7. The average Bonchev–Trinajstić information content (AvgIpc) is 2.88. The summed E-state index contributed by atoms with van der Waals surface area (Å²) in [5.41, 5.74) is 1.99. The van der Waals surface area contributed by atoms with Gasteiger partial charge in [0.25, 0.3) is 0 Å². The Morgan fingerprint density at radius 1 is 1.44 bits per heavy atom. The second-order valence-corrected chi connectivity index (χ2v) is 4.36. The van der Waals surface area contributed by atoms with E-state index < -0.39 is 0 Å².